The molecule has 4 fully saturated rings. The Morgan fingerprint density at radius 1 is 0.911 bits per heavy atom. The number of halogens is 1. The molecule has 0 bridgehead atoms. The molecule has 0 spiro atoms. The van der Waals surface area contributed by atoms with Crippen LogP contribution in [0.1, 0.15) is 79.8 Å². The summed E-state index contributed by atoms with van der Waals surface area (Å²) in [5.74, 6) is 0.905. The van der Waals surface area contributed by atoms with E-state index in [0.717, 1.165) is 68.0 Å². The van der Waals surface area contributed by atoms with Gasteiger partial charge in [-0.05, 0) is 81.7 Å². The number of piperidine rings is 2. The first-order valence-electron chi connectivity index (χ1n) is 19.5. The summed E-state index contributed by atoms with van der Waals surface area (Å²) >= 11 is 6.14. The molecule has 2 aromatic carbocycles. The molecule has 290 valence electrons. The zero-order valence-corrected chi connectivity index (χ0v) is 31.8. The molecule has 0 atom stereocenters. The smallest absolute Gasteiger partial charge is 0.328 e. The van der Waals surface area contributed by atoms with Crippen molar-refractivity contribution in [2.24, 2.45) is 5.92 Å². The van der Waals surface area contributed by atoms with Crippen molar-refractivity contribution in [1.29, 1.82) is 5.26 Å². The van der Waals surface area contributed by atoms with E-state index in [0.29, 0.717) is 60.6 Å². The summed E-state index contributed by atoms with van der Waals surface area (Å²) in [6.45, 7) is 3.07. The first-order chi connectivity index (χ1) is 27.2. The van der Waals surface area contributed by atoms with Crippen molar-refractivity contribution in [1.82, 2.24) is 30.1 Å². The van der Waals surface area contributed by atoms with Crippen LogP contribution in [-0.2, 0) is 9.59 Å². The number of anilines is 2. The van der Waals surface area contributed by atoms with Crippen LogP contribution in [-0.4, -0.2) is 88.1 Å². The van der Waals surface area contributed by atoms with Crippen LogP contribution in [0.3, 0.4) is 0 Å². The number of carbonyl (C=O) groups is 4. The lowest BCUT2D eigenvalue weighted by atomic mass is 9.92. The third-order valence-corrected chi connectivity index (χ3v) is 12.0. The molecule has 0 unspecified atom stereocenters. The maximum Gasteiger partial charge on any atom is 0.328 e. The van der Waals surface area contributed by atoms with E-state index in [-0.39, 0.29) is 48.2 Å². The summed E-state index contributed by atoms with van der Waals surface area (Å²) in [7, 11) is 0. The fraction of sp³-hybridized carbons (Fsp3) is 0.439. The van der Waals surface area contributed by atoms with Crippen LogP contribution in [0.25, 0.3) is 10.9 Å². The molecule has 8 rings (SSSR count). The highest BCUT2D eigenvalue weighted by atomic mass is 35.5. The number of urea groups is 1. The maximum atomic E-state index is 13.6. The quantitative estimate of drug-likeness (QED) is 0.232. The number of imide groups is 1. The van der Waals surface area contributed by atoms with E-state index >= 15 is 0 Å². The molecule has 1 aliphatic carbocycles. The van der Waals surface area contributed by atoms with Crippen LogP contribution >= 0.6 is 11.6 Å². The Hall–Kier alpha value is -5.68. The van der Waals surface area contributed by atoms with Gasteiger partial charge in [0.1, 0.15) is 11.8 Å². The van der Waals surface area contributed by atoms with Gasteiger partial charge in [-0.1, -0.05) is 17.7 Å². The number of carbonyl (C=O) groups excluding carboxylic acids is 4. The third kappa shape index (κ3) is 7.86. The van der Waals surface area contributed by atoms with Crippen LogP contribution < -0.4 is 25.2 Å². The summed E-state index contributed by atoms with van der Waals surface area (Å²) in [4.78, 5) is 65.6. The van der Waals surface area contributed by atoms with Crippen LogP contribution in [0.2, 0.25) is 5.02 Å². The Bertz CT molecular complexity index is 2160. The minimum atomic E-state index is -0.392. The van der Waals surface area contributed by atoms with E-state index in [4.69, 9.17) is 21.6 Å². The third-order valence-electron chi connectivity index (χ3n) is 11.7. The van der Waals surface area contributed by atoms with Gasteiger partial charge in [-0.3, -0.25) is 24.6 Å². The maximum absolute atomic E-state index is 13.6. The number of aromatic nitrogens is 3. The highest BCUT2D eigenvalue weighted by Crippen LogP contribution is 2.34. The molecule has 1 saturated carbocycles. The Kier molecular flexibility index (Phi) is 10.8. The molecule has 3 aliphatic heterocycles. The molecule has 4 aromatic rings. The van der Waals surface area contributed by atoms with Gasteiger partial charge in [-0.15, -0.1) is 0 Å². The standard InChI is InChI=1S/C41H44ClN9O5/c42-34-22-32(7-4-27(34)23-43)56-31-8-5-29(6-9-31)46-38(53)28-24-44-40(45-25-28)49-16-10-26(11-17-49)39(54)48-18-12-30(13-19-48)50-20-14-33-35(50)2-1-3-36(33)51-21-15-37(52)47-41(51)55/h1-4,7,14,20,22,24-26,29-31H,5-6,8-13,15-19,21H2,(H,46,53)(H,47,52,55)/t29-,31-. The summed E-state index contributed by atoms with van der Waals surface area (Å²) in [6.07, 6.45) is 11.8. The molecule has 3 saturated heterocycles. The zero-order chi connectivity index (χ0) is 38.8. The topological polar surface area (TPSA) is 166 Å². The van der Waals surface area contributed by atoms with Crippen molar-refractivity contribution < 1.29 is 23.9 Å². The van der Waals surface area contributed by atoms with Gasteiger partial charge in [0.2, 0.25) is 17.8 Å². The van der Waals surface area contributed by atoms with Gasteiger partial charge in [0.15, 0.2) is 0 Å². The number of amides is 5. The molecule has 56 heavy (non-hydrogen) atoms. The molecule has 5 amide bonds. The second-order valence-electron chi connectivity index (χ2n) is 15.1. The number of ether oxygens (including phenoxy) is 1. The Morgan fingerprint density at radius 3 is 2.36 bits per heavy atom. The Morgan fingerprint density at radius 2 is 1.66 bits per heavy atom. The van der Waals surface area contributed by atoms with Gasteiger partial charge in [-0.25, -0.2) is 14.8 Å². The highest BCUT2D eigenvalue weighted by Gasteiger charge is 2.33. The van der Waals surface area contributed by atoms with E-state index in [1.807, 2.05) is 23.1 Å². The minimum absolute atomic E-state index is 0.0155. The zero-order valence-electron chi connectivity index (χ0n) is 31.0. The molecule has 5 heterocycles. The van der Waals surface area contributed by atoms with Crippen molar-refractivity contribution >= 4 is 57.9 Å². The van der Waals surface area contributed by atoms with Gasteiger partial charge in [0.25, 0.3) is 5.91 Å². The number of fused-ring (bicyclic) bond motifs is 1. The predicted octanol–water partition coefficient (Wildman–Crippen LogP) is 5.60. The van der Waals surface area contributed by atoms with E-state index < -0.39 is 6.03 Å². The molecular weight excluding hydrogens is 734 g/mol. The second-order valence-corrected chi connectivity index (χ2v) is 15.5. The number of rotatable bonds is 8. The fourth-order valence-corrected chi connectivity index (χ4v) is 8.73. The lowest BCUT2D eigenvalue weighted by Gasteiger charge is -2.37. The number of hydrogen-bond donors (Lipinski definition) is 2. The number of likely N-dealkylation sites (tertiary alicyclic amines) is 1. The monoisotopic (exact) mass is 777 g/mol. The van der Waals surface area contributed by atoms with Crippen LogP contribution in [0, 0.1) is 17.2 Å². The Labute approximate surface area is 329 Å². The lowest BCUT2D eigenvalue weighted by Crippen LogP contribution is -2.49. The molecule has 14 nitrogen and oxygen atoms in total. The molecule has 0 radical (unpaired) electrons. The normalized spacial score (nSPS) is 21.1. The second kappa shape index (κ2) is 16.2. The van der Waals surface area contributed by atoms with Gasteiger partial charge < -0.3 is 24.4 Å². The summed E-state index contributed by atoms with van der Waals surface area (Å²) in [5, 5.41) is 16.0. The van der Waals surface area contributed by atoms with Gasteiger partial charge in [-0.2, -0.15) is 5.26 Å². The van der Waals surface area contributed by atoms with E-state index in [2.05, 4.69) is 48.4 Å². The highest BCUT2D eigenvalue weighted by molar-refractivity contribution is 6.31. The van der Waals surface area contributed by atoms with Crippen molar-refractivity contribution in [2.75, 3.05) is 42.5 Å². The summed E-state index contributed by atoms with van der Waals surface area (Å²) < 4.78 is 8.34. The van der Waals surface area contributed by atoms with Crippen LogP contribution in [0.4, 0.5) is 16.4 Å². The minimum Gasteiger partial charge on any atom is -0.490 e. The number of nitrogens with one attached hydrogen (secondary N) is 2. The number of nitriles is 1. The lowest BCUT2D eigenvalue weighted by molar-refractivity contribution is -0.137. The Balaban J connectivity index is 0.777. The average molecular weight is 778 g/mol. The van der Waals surface area contributed by atoms with Crippen molar-refractivity contribution in [3.8, 4) is 11.8 Å². The summed E-state index contributed by atoms with van der Waals surface area (Å²) in [6, 6.07) is 15.0. The summed E-state index contributed by atoms with van der Waals surface area (Å²) in [5.41, 5.74) is 2.66. The average Bonchev–Trinajstić information content (AvgIpc) is 3.66. The molecule has 2 N–H and O–H groups in total. The van der Waals surface area contributed by atoms with Crippen molar-refractivity contribution in [3.63, 3.8) is 0 Å². The number of nitrogens with zero attached hydrogens (tertiary/aromatic N) is 7. The van der Waals surface area contributed by atoms with E-state index in [1.165, 1.54) is 0 Å². The molecule has 4 aliphatic rings. The van der Waals surface area contributed by atoms with E-state index in [1.54, 1.807) is 35.5 Å². The van der Waals surface area contributed by atoms with E-state index in [9.17, 15) is 19.2 Å². The van der Waals surface area contributed by atoms with Gasteiger partial charge >= 0.3 is 6.03 Å². The first kappa shape index (κ1) is 37.3. The number of hydrogen-bond acceptors (Lipinski definition) is 9. The molecule has 2 aromatic heterocycles. The van der Waals surface area contributed by atoms with Crippen LogP contribution in [0.5, 0.6) is 5.75 Å². The number of benzene rings is 2. The van der Waals surface area contributed by atoms with Crippen molar-refractivity contribution in [3.05, 3.63) is 77.2 Å². The van der Waals surface area contributed by atoms with Crippen LogP contribution in [0.15, 0.2) is 61.1 Å². The largest absolute Gasteiger partial charge is 0.490 e. The van der Waals surface area contributed by atoms with Gasteiger partial charge in [0.05, 0.1) is 33.5 Å². The fourth-order valence-electron chi connectivity index (χ4n) is 8.52. The van der Waals surface area contributed by atoms with Gasteiger partial charge in [0, 0.05) is 87.2 Å². The first-order valence-corrected chi connectivity index (χ1v) is 19.9. The molecular formula is C41H44ClN9O5. The van der Waals surface area contributed by atoms with Crippen molar-refractivity contribution in [2.45, 2.75) is 76.0 Å². The SMILES string of the molecule is N#Cc1ccc(O[C@H]2CC[C@H](NC(=O)c3cnc(N4CCC(C(=O)N5CCC(n6ccc7c(N8CCC(=O)NC8=O)cccc76)CC5)CC4)nc3)CC2)cc1Cl. The predicted molar refractivity (Wildman–Crippen MR) is 210 cm³/mol. The molecule has 15 heteroatoms.